The molecule has 0 aliphatic carbocycles. The molecule has 0 bridgehead atoms. The maximum Gasteiger partial charge on any atom is 0.258 e. The molecule has 1 rings (SSSR count). The molecule has 0 fully saturated rings. The van der Waals surface area contributed by atoms with E-state index < -0.39 is 0 Å². The lowest BCUT2D eigenvalue weighted by molar-refractivity contribution is -0.124. The van der Waals surface area contributed by atoms with Crippen molar-refractivity contribution in [1.82, 2.24) is 5.32 Å². The van der Waals surface area contributed by atoms with E-state index in [9.17, 15) is 4.79 Å². The Morgan fingerprint density at radius 1 is 1.47 bits per heavy atom. The van der Waals surface area contributed by atoms with Crippen LogP contribution in [0, 0.1) is 0 Å². The van der Waals surface area contributed by atoms with Crippen LogP contribution in [0.1, 0.15) is 39.3 Å². The number of benzene rings is 1. The molecule has 0 aromatic heterocycles. The van der Waals surface area contributed by atoms with Crippen LogP contribution in [0.2, 0.25) is 5.02 Å². The van der Waals surface area contributed by atoms with Gasteiger partial charge in [-0.3, -0.25) is 4.79 Å². The summed E-state index contributed by atoms with van der Waals surface area (Å²) >= 11 is 6.08. The van der Waals surface area contributed by atoms with Crippen LogP contribution in [0.15, 0.2) is 18.2 Å². The third kappa shape index (κ3) is 5.49. The number of rotatable bonds is 4. The summed E-state index contributed by atoms with van der Waals surface area (Å²) in [6.07, 6.45) is 0. The highest BCUT2D eigenvalue weighted by molar-refractivity contribution is 6.32. The lowest BCUT2D eigenvalue weighted by Gasteiger charge is -2.20. The first kappa shape index (κ1) is 15.8. The van der Waals surface area contributed by atoms with E-state index in [0.29, 0.717) is 10.8 Å². The molecule has 0 saturated carbocycles. The number of halogens is 1. The van der Waals surface area contributed by atoms with Gasteiger partial charge in [-0.1, -0.05) is 17.7 Å². The maximum absolute atomic E-state index is 11.6. The van der Waals surface area contributed by atoms with Crippen LogP contribution in [-0.4, -0.2) is 18.1 Å². The molecule has 5 heteroatoms. The zero-order valence-corrected chi connectivity index (χ0v) is 12.5. The molecule has 106 valence electrons. The van der Waals surface area contributed by atoms with Crippen molar-refractivity contribution >= 4 is 17.5 Å². The topological polar surface area (TPSA) is 64.3 Å². The molecule has 0 spiro atoms. The van der Waals surface area contributed by atoms with Crippen molar-refractivity contribution in [3.8, 4) is 5.75 Å². The van der Waals surface area contributed by atoms with Crippen LogP contribution in [0.25, 0.3) is 0 Å². The summed E-state index contributed by atoms with van der Waals surface area (Å²) in [4.78, 5) is 11.6. The fourth-order valence-corrected chi connectivity index (χ4v) is 1.76. The Labute approximate surface area is 119 Å². The first-order valence-corrected chi connectivity index (χ1v) is 6.55. The van der Waals surface area contributed by atoms with Crippen LogP contribution in [0.3, 0.4) is 0 Å². The Morgan fingerprint density at radius 2 is 2.11 bits per heavy atom. The summed E-state index contributed by atoms with van der Waals surface area (Å²) in [6.45, 7) is 7.55. The van der Waals surface area contributed by atoms with Crippen molar-refractivity contribution in [3.05, 3.63) is 28.8 Å². The number of carbonyl (C=O) groups is 1. The minimum absolute atomic E-state index is 0.0610. The third-order valence-corrected chi connectivity index (χ3v) is 2.65. The van der Waals surface area contributed by atoms with E-state index in [-0.39, 0.29) is 24.1 Å². The minimum atomic E-state index is -0.275. The fourth-order valence-electron chi connectivity index (χ4n) is 1.52. The summed E-state index contributed by atoms with van der Waals surface area (Å²) in [5.74, 6) is 0.301. The maximum atomic E-state index is 11.6. The average molecular weight is 285 g/mol. The van der Waals surface area contributed by atoms with Crippen LogP contribution in [0.5, 0.6) is 5.75 Å². The van der Waals surface area contributed by atoms with E-state index in [0.717, 1.165) is 5.56 Å². The average Bonchev–Trinajstić information content (AvgIpc) is 2.24. The Hall–Kier alpha value is -1.26. The number of nitrogens with two attached hydrogens (primary N) is 1. The monoisotopic (exact) mass is 284 g/mol. The van der Waals surface area contributed by atoms with Crippen LogP contribution >= 0.6 is 11.6 Å². The molecule has 1 atom stereocenters. The molecule has 4 nitrogen and oxygen atoms in total. The first-order chi connectivity index (χ1) is 8.69. The van der Waals surface area contributed by atoms with Gasteiger partial charge >= 0.3 is 0 Å². The van der Waals surface area contributed by atoms with Gasteiger partial charge in [0.05, 0.1) is 5.02 Å². The van der Waals surface area contributed by atoms with E-state index >= 15 is 0 Å². The van der Waals surface area contributed by atoms with Gasteiger partial charge in [-0.05, 0) is 45.4 Å². The lowest BCUT2D eigenvalue weighted by atomic mass is 10.1. The molecular formula is C14H21ClN2O2. The molecule has 3 N–H and O–H groups in total. The quantitative estimate of drug-likeness (QED) is 0.893. The fraction of sp³-hybridized carbons (Fsp3) is 0.500. The van der Waals surface area contributed by atoms with E-state index in [4.69, 9.17) is 22.1 Å². The smallest absolute Gasteiger partial charge is 0.258 e. The minimum Gasteiger partial charge on any atom is -0.482 e. The normalized spacial score (nSPS) is 12.9. The molecular weight excluding hydrogens is 264 g/mol. The van der Waals surface area contributed by atoms with Crippen molar-refractivity contribution in [3.63, 3.8) is 0 Å². The van der Waals surface area contributed by atoms with E-state index in [1.807, 2.05) is 33.8 Å². The highest BCUT2D eigenvalue weighted by atomic mass is 35.5. The Bertz CT molecular complexity index is 453. The van der Waals surface area contributed by atoms with Crippen molar-refractivity contribution in [1.29, 1.82) is 0 Å². The van der Waals surface area contributed by atoms with Gasteiger partial charge in [0.15, 0.2) is 6.61 Å². The van der Waals surface area contributed by atoms with E-state index in [1.165, 1.54) is 0 Å². The van der Waals surface area contributed by atoms with E-state index in [2.05, 4.69) is 5.32 Å². The number of hydrogen-bond donors (Lipinski definition) is 2. The Balaban J connectivity index is 2.61. The molecule has 0 aliphatic rings. The summed E-state index contributed by atoms with van der Waals surface area (Å²) < 4.78 is 5.39. The Morgan fingerprint density at radius 3 is 2.58 bits per heavy atom. The van der Waals surface area contributed by atoms with Crippen molar-refractivity contribution in [2.45, 2.75) is 39.3 Å². The Kier molecular flexibility index (Phi) is 5.20. The highest BCUT2D eigenvalue weighted by Gasteiger charge is 2.14. The van der Waals surface area contributed by atoms with Gasteiger partial charge in [-0.2, -0.15) is 0 Å². The molecule has 0 radical (unpaired) electrons. The number of hydrogen-bond acceptors (Lipinski definition) is 3. The van der Waals surface area contributed by atoms with Gasteiger partial charge in [-0.25, -0.2) is 0 Å². The molecule has 0 saturated heterocycles. The van der Waals surface area contributed by atoms with Gasteiger partial charge in [0.1, 0.15) is 5.75 Å². The van der Waals surface area contributed by atoms with E-state index in [1.54, 1.807) is 12.1 Å². The molecule has 0 aliphatic heterocycles. The van der Waals surface area contributed by atoms with Gasteiger partial charge in [0, 0.05) is 11.6 Å². The van der Waals surface area contributed by atoms with Crippen LogP contribution in [-0.2, 0) is 4.79 Å². The summed E-state index contributed by atoms with van der Waals surface area (Å²) in [7, 11) is 0. The second kappa shape index (κ2) is 6.26. The molecule has 0 heterocycles. The summed E-state index contributed by atoms with van der Waals surface area (Å²) in [6, 6.07) is 5.23. The molecule has 1 aromatic rings. The predicted molar refractivity (Wildman–Crippen MR) is 77.4 cm³/mol. The summed E-state index contributed by atoms with van der Waals surface area (Å²) in [5.41, 5.74) is 6.41. The van der Waals surface area contributed by atoms with Gasteiger partial charge < -0.3 is 15.8 Å². The zero-order valence-electron chi connectivity index (χ0n) is 11.8. The van der Waals surface area contributed by atoms with Crippen molar-refractivity contribution < 1.29 is 9.53 Å². The highest BCUT2D eigenvalue weighted by Crippen LogP contribution is 2.27. The number of ether oxygens (including phenoxy) is 1. The van der Waals surface area contributed by atoms with Gasteiger partial charge in [0.2, 0.25) is 0 Å². The van der Waals surface area contributed by atoms with Gasteiger partial charge in [-0.15, -0.1) is 0 Å². The third-order valence-electron chi connectivity index (χ3n) is 2.35. The largest absolute Gasteiger partial charge is 0.482 e. The molecule has 19 heavy (non-hydrogen) atoms. The van der Waals surface area contributed by atoms with Crippen molar-refractivity contribution in [2.75, 3.05) is 6.61 Å². The standard InChI is InChI=1S/C14H21ClN2O2/c1-9(16)10-5-6-12(11(15)7-10)19-8-13(18)17-14(2,3)4/h5-7,9H,8,16H2,1-4H3,(H,17,18)/t9-/m1/s1. The first-order valence-electron chi connectivity index (χ1n) is 6.18. The SMILES string of the molecule is C[C@@H](N)c1ccc(OCC(=O)NC(C)(C)C)c(Cl)c1. The van der Waals surface area contributed by atoms with Gasteiger partial charge in [0.25, 0.3) is 5.91 Å². The van der Waals surface area contributed by atoms with Crippen LogP contribution < -0.4 is 15.8 Å². The second-order valence-electron chi connectivity index (χ2n) is 5.57. The predicted octanol–water partition coefficient (Wildman–Crippen LogP) is 2.65. The van der Waals surface area contributed by atoms with Crippen LogP contribution in [0.4, 0.5) is 0 Å². The molecule has 1 aromatic carbocycles. The lowest BCUT2D eigenvalue weighted by Crippen LogP contribution is -2.43. The second-order valence-corrected chi connectivity index (χ2v) is 5.97. The number of amides is 1. The van der Waals surface area contributed by atoms with Crippen molar-refractivity contribution in [2.24, 2.45) is 5.73 Å². The molecule has 1 amide bonds. The number of nitrogens with one attached hydrogen (secondary N) is 1. The number of carbonyl (C=O) groups excluding carboxylic acids is 1. The molecule has 0 unspecified atom stereocenters. The zero-order chi connectivity index (χ0) is 14.6. The summed E-state index contributed by atoms with van der Waals surface area (Å²) in [5, 5.41) is 3.27.